The molecule has 0 aliphatic carbocycles. The number of hydrogen-bond donors (Lipinski definition) is 1. The molecule has 0 fully saturated rings. The Labute approximate surface area is 102 Å². The number of fused-ring (bicyclic) bond motifs is 1. The number of rotatable bonds is 3. The fraction of sp³-hybridized carbons (Fsp3) is 0.273. The molecule has 2 aromatic rings. The lowest BCUT2D eigenvalue weighted by Crippen LogP contribution is -2.01. The third-order valence-corrected chi connectivity index (χ3v) is 3.42. The molecule has 2 rings (SSSR count). The molecule has 17 heavy (non-hydrogen) atoms. The molecular formula is C11H12N2O3S. The molecule has 0 bridgehead atoms. The summed E-state index contributed by atoms with van der Waals surface area (Å²) in [6.45, 7) is 0.480. The van der Waals surface area contributed by atoms with Crippen LogP contribution in [0.4, 0.5) is 5.69 Å². The van der Waals surface area contributed by atoms with Crippen LogP contribution >= 0.6 is 11.3 Å². The first-order chi connectivity index (χ1) is 8.17. The number of thiophene rings is 1. The number of carbonyl (C=O) groups excluding carboxylic acids is 1. The molecule has 0 spiro atoms. The fourth-order valence-corrected chi connectivity index (χ4v) is 2.59. The van der Waals surface area contributed by atoms with Crippen molar-refractivity contribution < 1.29 is 14.3 Å². The number of anilines is 1. The Bertz CT molecular complexity index is 565. The van der Waals surface area contributed by atoms with Gasteiger partial charge in [0.25, 0.3) is 0 Å². The van der Waals surface area contributed by atoms with E-state index in [1.54, 1.807) is 13.3 Å². The summed E-state index contributed by atoms with van der Waals surface area (Å²) in [7, 11) is 2.95. The Morgan fingerprint density at radius 1 is 1.53 bits per heavy atom. The predicted molar refractivity (Wildman–Crippen MR) is 66.1 cm³/mol. The quantitative estimate of drug-likeness (QED) is 0.843. The Hall–Kier alpha value is -1.66. The van der Waals surface area contributed by atoms with E-state index >= 15 is 0 Å². The van der Waals surface area contributed by atoms with Crippen LogP contribution in [-0.2, 0) is 16.1 Å². The van der Waals surface area contributed by atoms with Crippen molar-refractivity contribution in [2.24, 2.45) is 0 Å². The number of aromatic nitrogens is 1. The van der Waals surface area contributed by atoms with Gasteiger partial charge in [0, 0.05) is 13.3 Å². The molecule has 6 heteroatoms. The van der Waals surface area contributed by atoms with E-state index in [0.29, 0.717) is 22.7 Å². The highest BCUT2D eigenvalue weighted by molar-refractivity contribution is 7.21. The number of nitrogens with two attached hydrogens (primary N) is 1. The molecule has 0 unspecified atom stereocenters. The van der Waals surface area contributed by atoms with E-state index < -0.39 is 5.97 Å². The Morgan fingerprint density at radius 2 is 2.29 bits per heavy atom. The predicted octanol–water partition coefficient (Wildman–Crippen LogP) is 1.81. The Kier molecular flexibility index (Phi) is 3.26. The molecule has 0 saturated carbocycles. The zero-order valence-electron chi connectivity index (χ0n) is 9.52. The van der Waals surface area contributed by atoms with Gasteiger partial charge in [-0.05, 0) is 11.6 Å². The van der Waals surface area contributed by atoms with Gasteiger partial charge in [-0.25, -0.2) is 4.79 Å². The van der Waals surface area contributed by atoms with Gasteiger partial charge in [0.1, 0.15) is 10.4 Å². The highest BCUT2D eigenvalue weighted by atomic mass is 32.1. The van der Waals surface area contributed by atoms with E-state index in [1.807, 2.05) is 6.07 Å². The minimum absolute atomic E-state index is 0.376. The van der Waals surface area contributed by atoms with Crippen LogP contribution < -0.4 is 5.73 Å². The zero-order valence-corrected chi connectivity index (χ0v) is 10.3. The van der Waals surface area contributed by atoms with Crippen molar-refractivity contribution >= 4 is 33.2 Å². The molecule has 2 aromatic heterocycles. The summed E-state index contributed by atoms with van der Waals surface area (Å²) in [5, 5.41) is 0. The van der Waals surface area contributed by atoms with Crippen LogP contribution in [0.15, 0.2) is 12.3 Å². The van der Waals surface area contributed by atoms with Crippen LogP contribution in [0.25, 0.3) is 10.2 Å². The third kappa shape index (κ3) is 2.09. The lowest BCUT2D eigenvalue weighted by molar-refractivity contribution is 0.0607. The minimum Gasteiger partial charge on any atom is -0.465 e. The number of nitrogen functional groups attached to an aromatic ring is 1. The summed E-state index contributed by atoms with van der Waals surface area (Å²) in [6, 6.07) is 1.92. The van der Waals surface area contributed by atoms with Gasteiger partial charge in [0.15, 0.2) is 0 Å². The van der Waals surface area contributed by atoms with Gasteiger partial charge in [0.2, 0.25) is 0 Å². The SMILES string of the molecule is COCc1cnc2c(N)c(C(=O)OC)sc2c1. The van der Waals surface area contributed by atoms with Crippen molar-refractivity contribution in [2.75, 3.05) is 20.0 Å². The van der Waals surface area contributed by atoms with Crippen molar-refractivity contribution in [3.8, 4) is 0 Å². The minimum atomic E-state index is -0.432. The monoisotopic (exact) mass is 252 g/mol. The summed E-state index contributed by atoms with van der Waals surface area (Å²) < 4.78 is 10.5. The van der Waals surface area contributed by atoms with Gasteiger partial charge < -0.3 is 15.2 Å². The summed E-state index contributed by atoms with van der Waals surface area (Å²) in [6.07, 6.45) is 1.69. The normalized spacial score (nSPS) is 10.7. The van der Waals surface area contributed by atoms with Crippen molar-refractivity contribution in [3.05, 3.63) is 22.7 Å². The molecule has 90 valence electrons. The molecular weight excluding hydrogens is 240 g/mol. The highest BCUT2D eigenvalue weighted by Gasteiger charge is 2.17. The van der Waals surface area contributed by atoms with Gasteiger partial charge in [-0.1, -0.05) is 0 Å². The average Bonchev–Trinajstić information content (AvgIpc) is 2.66. The summed E-state index contributed by atoms with van der Waals surface area (Å²) in [5.41, 5.74) is 7.81. The van der Waals surface area contributed by atoms with Crippen molar-refractivity contribution in [3.63, 3.8) is 0 Å². The topological polar surface area (TPSA) is 74.4 Å². The zero-order chi connectivity index (χ0) is 12.4. The number of esters is 1. The van der Waals surface area contributed by atoms with E-state index in [9.17, 15) is 4.79 Å². The van der Waals surface area contributed by atoms with Crippen LogP contribution in [-0.4, -0.2) is 25.2 Å². The molecule has 0 atom stereocenters. The third-order valence-electron chi connectivity index (χ3n) is 2.30. The fourth-order valence-electron chi connectivity index (χ4n) is 1.53. The number of hydrogen-bond acceptors (Lipinski definition) is 6. The first-order valence-corrected chi connectivity index (χ1v) is 5.73. The van der Waals surface area contributed by atoms with Crippen LogP contribution in [0, 0.1) is 0 Å². The lowest BCUT2D eigenvalue weighted by atomic mass is 10.2. The maximum atomic E-state index is 11.5. The Balaban J connectivity index is 2.53. The van der Waals surface area contributed by atoms with Gasteiger partial charge >= 0.3 is 5.97 Å². The van der Waals surface area contributed by atoms with Crippen molar-refractivity contribution in [2.45, 2.75) is 6.61 Å². The van der Waals surface area contributed by atoms with Crippen LogP contribution in [0.3, 0.4) is 0 Å². The number of nitrogens with zero attached hydrogens (tertiary/aromatic N) is 1. The van der Waals surface area contributed by atoms with Gasteiger partial charge in [-0.3, -0.25) is 4.98 Å². The molecule has 0 amide bonds. The maximum absolute atomic E-state index is 11.5. The number of pyridine rings is 1. The van der Waals surface area contributed by atoms with Gasteiger partial charge in [-0.15, -0.1) is 11.3 Å². The van der Waals surface area contributed by atoms with E-state index in [2.05, 4.69) is 9.72 Å². The van der Waals surface area contributed by atoms with Crippen LogP contribution in [0.1, 0.15) is 15.2 Å². The molecule has 0 aliphatic rings. The average molecular weight is 252 g/mol. The summed E-state index contributed by atoms with van der Waals surface area (Å²) >= 11 is 1.28. The molecule has 2 heterocycles. The highest BCUT2D eigenvalue weighted by Crippen LogP contribution is 2.33. The van der Waals surface area contributed by atoms with E-state index in [-0.39, 0.29) is 0 Å². The van der Waals surface area contributed by atoms with E-state index in [4.69, 9.17) is 10.5 Å². The molecule has 0 aliphatic heterocycles. The first-order valence-electron chi connectivity index (χ1n) is 4.91. The van der Waals surface area contributed by atoms with E-state index in [0.717, 1.165) is 10.3 Å². The summed E-state index contributed by atoms with van der Waals surface area (Å²) in [5.74, 6) is -0.432. The second kappa shape index (κ2) is 4.68. The van der Waals surface area contributed by atoms with Crippen molar-refractivity contribution in [1.82, 2.24) is 4.98 Å². The molecule has 0 aromatic carbocycles. The van der Waals surface area contributed by atoms with E-state index in [1.165, 1.54) is 18.4 Å². The molecule has 5 nitrogen and oxygen atoms in total. The smallest absolute Gasteiger partial charge is 0.350 e. The molecule has 0 radical (unpaired) electrons. The van der Waals surface area contributed by atoms with Crippen LogP contribution in [0.5, 0.6) is 0 Å². The van der Waals surface area contributed by atoms with Gasteiger partial charge in [0.05, 0.1) is 24.1 Å². The number of methoxy groups -OCH3 is 2. The lowest BCUT2D eigenvalue weighted by Gasteiger charge is -1.98. The van der Waals surface area contributed by atoms with Crippen LogP contribution in [0.2, 0.25) is 0 Å². The Morgan fingerprint density at radius 3 is 2.94 bits per heavy atom. The second-order valence-electron chi connectivity index (χ2n) is 3.46. The number of ether oxygens (including phenoxy) is 2. The molecule has 0 saturated heterocycles. The standard InChI is InChI=1S/C11H12N2O3S/c1-15-5-6-3-7-9(13-4-6)8(12)10(17-7)11(14)16-2/h3-4H,5,12H2,1-2H3. The van der Waals surface area contributed by atoms with Gasteiger partial charge in [-0.2, -0.15) is 0 Å². The maximum Gasteiger partial charge on any atom is 0.350 e. The molecule has 2 N–H and O–H groups in total. The van der Waals surface area contributed by atoms with Crippen molar-refractivity contribution in [1.29, 1.82) is 0 Å². The largest absolute Gasteiger partial charge is 0.465 e. The summed E-state index contributed by atoms with van der Waals surface area (Å²) in [4.78, 5) is 16.1. The second-order valence-corrected chi connectivity index (χ2v) is 4.51. The first kappa shape index (κ1) is 11.8. The number of carbonyl (C=O) groups is 1.